The maximum atomic E-state index is 12.2. The first-order valence-electron chi connectivity index (χ1n) is 11.4. The molecule has 3 heteroatoms. The van der Waals surface area contributed by atoms with Gasteiger partial charge in [-0.25, -0.2) is 0 Å². The number of ketones is 1. The van der Waals surface area contributed by atoms with Crippen LogP contribution in [0.1, 0.15) is 56.7 Å². The van der Waals surface area contributed by atoms with Crippen molar-refractivity contribution in [3.05, 3.63) is 70.2 Å². The normalized spacial score (nSPS) is 16.0. The van der Waals surface area contributed by atoms with Crippen molar-refractivity contribution in [3.8, 4) is 0 Å². The molecule has 0 saturated carbocycles. The number of hydrogen-bond acceptors (Lipinski definition) is 2. The molecule has 0 N–H and O–H groups in total. The number of likely N-dealkylation sites (tertiary alicyclic amines) is 1. The second kappa shape index (κ2) is 10.6. The molecular formula is C27H36ClNO. The minimum absolute atomic E-state index is 0.228. The Balaban J connectivity index is 1.53. The fourth-order valence-corrected chi connectivity index (χ4v) is 4.97. The lowest BCUT2D eigenvalue weighted by Gasteiger charge is -2.37. The number of halogens is 1. The van der Waals surface area contributed by atoms with Crippen LogP contribution in [-0.4, -0.2) is 30.3 Å². The summed E-state index contributed by atoms with van der Waals surface area (Å²) in [6.07, 6.45) is 6.32. The van der Waals surface area contributed by atoms with Crippen molar-refractivity contribution in [1.82, 2.24) is 4.90 Å². The van der Waals surface area contributed by atoms with E-state index >= 15 is 0 Å². The van der Waals surface area contributed by atoms with Gasteiger partial charge >= 0.3 is 0 Å². The summed E-state index contributed by atoms with van der Waals surface area (Å²) in [7, 11) is 0. The quantitative estimate of drug-likeness (QED) is 0.464. The van der Waals surface area contributed by atoms with Crippen LogP contribution in [0.15, 0.2) is 48.5 Å². The van der Waals surface area contributed by atoms with Crippen LogP contribution in [0.5, 0.6) is 0 Å². The molecule has 2 aromatic carbocycles. The zero-order valence-electron chi connectivity index (χ0n) is 18.8. The first-order chi connectivity index (χ1) is 14.4. The van der Waals surface area contributed by atoms with Crippen LogP contribution in [0.4, 0.5) is 0 Å². The lowest BCUT2D eigenvalue weighted by atomic mass is 9.83. The molecule has 162 valence electrons. The summed E-state index contributed by atoms with van der Waals surface area (Å²) >= 11 is 6.14. The molecule has 30 heavy (non-hydrogen) atoms. The highest BCUT2D eigenvalue weighted by Crippen LogP contribution is 2.27. The van der Waals surface area contributed by atoms with Gasteiger partial charge in [-0.3, -0.25) is 4.79 Å². The molecule has 0 aliphatic carbocycles. The summed E-state index contributed by atoms with van der Waals surface area (Å²) in [6.45, 7) is 9.27. The Kier molecular flexibility index (Phi) is 8.13. The van der Waals surface area contributed by atoms with Crippen LogP contribution in [-0.2, 0) is 24.1 Å². The third-order valence-corrected chi connectivity index (χ3v) is 6.84. The predicted octanol–water partition coefficient (Wildman–Crippen LogP) is 6.39. The molecule has 0 spiro atoms. The molecule has 0 unspecified atom stereocenters. The molecule has 0 atom stereocenters. The molecule has 0 amide bonds. The Morgan fingerprint density at radius 3 is 2.40 bits per heavy atom. The van der Waals surface area contributed by atoms with Gasteiger partial charge in [-0.05, 0) is 79.9 Å². The number of Topliss-reactive ketones (excluding diaryl/α,β-unsaturated/α-hetero) is 1. The van der Waals surface area contributed by atoms with Gasteiger partial charge in [0.05, 0.1) is 0 Å². The summed E-state index contributed by atoms with van der Waals surface area (Å²) in [5.41, 5.74) is 4.04. The minimum atomic E-state index is -0.228. The fraction of sp³-hybridized carbons (Fsp3) is 0.519. The van der Waals surface area contributed by atoms with E-state index in [1.54, 1.807) is 0 Å². The third-order valence-electron chi connectivity index (χ3n) is 6.60. The van der Waals surface area contributed by atoms with Crippen molar-refractivity contribution in [3.63, 3.8) is 0 Å². The van der Waals surface area contributed by atoms with E-state index in [0.29, 0.717) is 12.2 Å². The first-order valence-corrected chi connectivity index (χ1v) is 11.8. The van der Waals surface area contributed by atoms with Crippen LogP contribution >= 0.6 is 11.6 Å². The van der Waals surface area contributed by atoms with Gasteiger partial charge in [-0.1, -0.05) is 68.8 Å². The molecule has 1 fully saturated rings. The van der Waals surface area contributed by atoms with Crippen LogP contribution in [0, 0.1) is 11.3 Å². The fourth-order valence-electron chi connectivity index (χ4n) is 4.76. The molecule has 1 aliphatic rings. The SMILES string of the molecule is CCC(=O)C(C)(C)CN1CCC(Cc2ccccc2CCc2cccc(Cl)c2)CC1. The molecule has 0 aromatic heterocycles. The third kappa shape index (κ3) is 6.43. The maximum absolute atomic E-state index is 12.2. The summed E-state index contributed by atoms with van der Waals surface area (Å²) in [4.78, 5) is 14.7. The van der Waals surface area contributed by atoms with Gasteiger partial charge in [0.15, 0.2) is 0 Å². The second-order valence-corrected chi connectivity index (χ2v) is 9.92. The molecule has 1 heterocycles. The van der Waals surface area contributed by atoms with E-state index in [4.69, 9.17) is 11.6 Å². The number of piperidine rings is 1. The maximum Gasteiger partial charge on any atom is 0.139 e. The van der Waals surface area contributed by atoms with E-state index < -0.39 is 0 Å². The zero-order valence-corrected chi connectivity index (χ0v) is 19.5. The summed E-state index contributed by atoms with van der Waals surface area (Å²) in [5, 5.41) is 0.816. The highest BCUT2D eigenvalue weighted by atomic mass is 35.5. The largest absolute Gasteiger partial charge is 0.302 e. The van der Waals surface area contributed by atoms with Crippen molar-refractivity contribution < 1.29 is 4.79 Å². The first kappa shape index (κ1) is 23.0. The molecule has 1 aliphatic heterocycles. The Bertz CT molecular complexity index is 836. The number of aryl methyl sites for hydroxylation is 2. The average molecular weight is 426 g/mol. The van der Waals surface area contributed by atoms with E-state index in [0.717, 1.165) is 49.8 Å². The Morgan fingerprint density at radius 1 is 1.03 bits per heavy atom. The Labute approximate surface area is 187 Å². The van der Waals surface area contributed by atoms with Gasteiger partial charge in [-0.15, -0.1) is 0 Å². The van der Waals surface area contributed by atoms with E-state index in [9.17, 15) is 4.79 Å². The van der Waals surface area contributed by atoms with Crippen molar-refractivity contribution in [1.29, 1.82) is 0 Å². The van der Waals surface area contributed by atoms with Crippen LogP contribution in [0.3, 0.4) is 0 Å². The summed E-state index contributed by atoms with van der Waals surface area (Å²) in [5.74, 6) is 1.11. The number of carbonyl (C=O) groups is 1. The number of carbonyl (C=O) groups excluding carboxylic acids is 1. The molecular weight excluding hydrogens is 390 g/mol. The Morgan fingerprint density at radius 2 is 1.73 bits per heavy atom. The highest BCUT2D eigenvalue weighted by Gasteiger charge is 2.30. The van der Waals surface area contributed by atoms with Gasteiger partial charge in [0.25, 0.3) is 0 Å². The lowest BCUT2D eigenvalue weighted by Crippen LogP contribution is -2.43. The van der Waals surface area contributed by atoms with Gasteiger partial charge in [0, 0.05) is 23.4 Å². The lowest BCUT2D eigenvalue weighted by molar-refractivity contribution is -0.128. The van der Waals surface area contributed by atoms with Crippen molar-refractivity contribution >= 4 is 17.4 Å². The van der Waals surface area contributed by atoms with Gasteiger partial charge < -0.3 is 4.90 Å². The molecule has 2 nitrogen and oxygen atoms in total. The zero-order chi connectivity index (χ0) is 21.6. The van der Waals surface area contributed by atoms with Gasteiger partial charge in [0.2, 0.25) is 0 Å². The van der Waals surface area contributed by atoms with E-state index in [2.05, 4.69) is 55.1 Å². The summed E-state index contributed by atoms with van der Waals surface area (Å²) < 4.78 is 0. The second-order valence-electron chi connectivity index (χ2n) is 9.48. The van der Waals surface area contributed by atoms with Crippen molar-refractivity contribution in [2.24, 2.45) is 11.3 Å². The molecule has 0 radical (unpaired) electrons. The standard InChI is InChI=1S/C27H36ClNO/c1-4-26(30)27(2,3)20-29-16-14-22(15-17-29)18-24-10-6-5-9-23(24)13-12-21-8-7-11-25(28)19-21/h5-11,19,22H,4,12-18,20H2,1-3H3. The van der Waals surface area contributed by atoms with Crippen LogP contribution in [0.25, 0.3) is 0 Å². The number of rotatable bonds is 9. The highest BCUT2D eigenvalue weighted by molar-refractivity contribution is 6.30. The topological polar surface area (TPSA) is 20.3 Å². The van der Waals surface area contributed by atoms with Crippen LogP contribution < -0.4 is 0 Å². The van der Waals surface area contributed by atoms with E-state index in [1.165, 1.54) is 29.5 Å². The minimum Gasteiger partial charge on any atom is -0.302 e. The number of nitrogens with zero attached hydrogens (tertiary/aromatic N) is 1. The smallest absolute Gasteiger partial charge is 0.139 e. The monoisotopic (exact) mass is 425 g/mol. The van der Waals surface area contributed by atoms with Crippen LogP contribution in [0.2, 0.25) is 5.02 Å². The summed E-state index contributed by atoms with van der Waals surface area (Å²) in [6, 6.07) is 17.1. The van der Waals surface area contributed by atoms with E-state index in [1.807, 2.05) is 19.1 Å². The van der Waals surface area contributed by atoms with Crippen molar-refractivity contribution in [2.45, 2.75) is 59.3 Å². The van der Waals surface area contributed by atoms with Gasteiger partial charge in [-0.2, -0.15) is 0 Å². The molecule has 1 saturated heterocycles. The molecule has 0 bridgehead atoms. The number of hydrogen-bond donors (Lipinski definition) is 0. The average Bonchev–Trinajstić information content (AvgIpc) is 2.73. The molecule has 2 aromatic rings. The van der Waals surface area contributed by atoms with Crippen molar-refractivity contribution in [2.75, 3.05) is 19.6 Å². The Hall–Kier alpha value is -1.64. The van der Waals surface area contributed by atoms with Gasteiger partial charge in [0.1, 0.15) is 5.78 Å². The predicted molar refractivity (Wildman–Crippen MR) is 127 cm³/mol. The number of benzene rings is 2. The van der Waals surface area contributed by atoms with E-state index in [-0.39, 0.29) is 5.41 Å². The molecule has 3 rings (SSSR count).